The van der Waals surface area contributed by atoms with E-state index in [-0.39, 0.29) is 11.9 Å². The highest BCUT2D eigenvalue weighted by molar-refractivity contribution is 5.95. The summed E-state index contributed by atoms with van der Waals surface area (Å²) < 4.78 is 12.5. The Hall–Kier alpha value is -3.29. The summed E-state index contributed by atoms with van der Waals surface area (Å²) >= 11 is 0. The number of ether oxygens (including phenoxy) is 2. The van der Waals surface area contributed by atoms with Gasteiger partial charge < -0.3 is 14.8 Å². The van der Waals surface area contributed by atoms with E-state index in [1.165, 1.54) is 0 Å². The Balaban J connectivity index is 1.88. The fourth-order valence-electron chi connectivity index (χ4n) is 3.63. The second-order valence-corrected chi connectivity index (χ2v) is 7.04. The van der Waals surface area contributed by atoms with E-state index in [2.05, 4.69) is 20.6 Å². The molecule has 3 aromatic rings. The highest BCUT2D eigenvalue weighted by Crippen LogP contribution is 2.34. The third kappa shape index (κ3) is 3.70. The molecular formula is C21H27N5O3. The maximum atomic E-state index is 12.9. The first kappa shape index (κ1) is 20.4. The maximum absolute atomic E-state index is 12.9. The topological polar surface area (TPSA) is 94.1 Å². The van der Waals surface area contributed by atoms with Crippen LogP contribution in [-0.4, -0.2) is 40.1 Å². The number of nitrogens with zero attached hydrogens (tertiary/aromatic N) is 3. The van der Waals surface area contributed by atoms with Gasteiger partial charge in [-0.2, -0.15) is 10.2 Å². The molecule has 8 nitrogen and oxygen atoms in total. The van der Waals surface area contributed by atoms with E-state index in [0.29, 0.717) is 22.9 Å². The van der Waals surface area contributed by atoms with E-state index in [0.717, 1.165) is 28.1 Å². The van der Waals surface area contributed by atoms with Gasteiger partial charge in [0.15, 0.2) is 0 Å². The zero-order valence-corrected chi connectivity index (χ0v) is 17.9. The number of carbonyl (C=O) groups excluding carboxylic acids is 1. The van der Waals surface area contributed by atoms with Crippen LogP contribution in [0.5, 0.6) is 11.5 Å². The fraction of sp³-hybridized carbons (Fsp3) is 0.381. The van der Waals surface area contributed by atoms with Crippen LogP contribution in [0.4, 0.5) is 0 Å². The summed E-state index contributed by atoms with van der Waals surface area (Å²) in [5, 5.41) is 14.7. The lowest BCUT2D eigenvalue weighted by atomic mass is 10.0. The van der Waals surface area contributed by atoms with Crippen molar-refractivity contribution in [2.45, 2.75) is 33.7 Å². The standard InChI is InChI=1S/C21H27N5O3/c1-11-19(16-9-8-15(28-6)10-17(16)29-7)23-24-20(11)21(27)22-12(2)18-13(3)25-26(5)14(18)4/h8-10,12H,1-7H3,(H,22,27)(H,23,24). The summed E-state index contributed by atoms with van der Waals surface area (Å²) in [5.74, 6) is 1.09. The number of methoxy groups -OCH3 is 2. The highest BCUT2D eigenvalue weighted by Gasteiger charge is 2.23. The van der Waals surface area contributed by atoms with Gasteiger partial charge >= 0.3 is 0 Å². The second-order valence-electron chi connectivity index (χ2n) is 7.04. The van der Waals surface area contributed by atoms with Crippen molar-refractivity contribution in [3.63, 3.8) is 0 Å². The lowest BCUT2D eigenvalue weighted by Gasteiger charge is -2.14. The molecule has 0 aliphatic rings. The van der Waals surface area contributed by atoms with E-state index in [9.17, 15) is 4.79 Å². The van der Waals surface area contributed by atoms with Crippen LogP contribution in [0.3, 0.4) is 0 Å². The average Bonchev–Trinajstić information content (AvgIpc) is 3.19. The first-order valence-electron chi connectivity index (χ1n) is 9.36. The molecule has 2 heterocycles. The van der Waals surface area contributed by atoms with Gasteiger partial charge in [0.2, 0.25) is 0 Å². The Labute approximate surface area is 170 Å². The van der Waals surface area contributed by atoms with Crippen LogP contribution in [0, 0.1) is 20.8 Å². The third-order valence-electron chi connectivity index (χ3n) is 5.25. The molecule has 154 valence electrons. The van der Waals surface area contributed by atoms with Crippen molar-refractivity contribution in [3.8, 4) is 22.8 Å². The molecule has 0 radical (unpaired) electrons. The number of amides is 1. The molecule has 0 bridgehead atoms. The summed E-state index contributed by atoms with van der Waals surface area (Å²) in [6.45, 7) is 7.75. The maximum Gasteiger partial charge on any atom is 0.270 e. The zero-order chi connectivity index (χ0) is 21.3. The van der Waals surface area contributed by atoms with Crippen LogP contribution in [0.25, 0.3) is 11.3 Å². The molecule has 1 aromatic carbocycles. The molecule has 2 N–H and O–H groups in total. The van der Waals surface area contributed by atoms with Gasteiger partial charge in [0.25, 0.3) is 5.91 Å². The Morgan fingerprint density at radius 3 is 2.52 bits per heavy atom. The van der Waals surface area contributed by atoms with Crippen LogP contribution >= 0.6 is 0 Å². The molecule has 29 heavy (non-hydrogen) atoms. The van der Waals surface area contributed by atoms with E-state index in [4.69, 9.17) is 9.47 Å². The van der Waals surface area contributed by atoms with Gasteiger partial charge in [-0.15, -0.1) is 0 Å². The van der Waals surface area contributed by atoms with E-state index in [1.807, 2.05) is 51.6 Å². The van der Waals surface area contributed by atoms with Crippen LogP contribution in [0.15, 0.2) is 18.2 Å². The largest absolute Gasteiger partial charge is 0.497 e. The quantitative estimate of drug-likeness (QED) is 0.666. The molecule has 2 aromatic heterocycles. The van der Waals surface area contributed by atoms with Crippen molar-refractivity contribution in [3.05, 3.63) is 46.4 Å². The zero-order valence-electron chi connectivity index (χ0n) is 17.9. The molecule has 1 atom stereocenters. The van der Waals surface area contributed by atoms with Gasteiger partial charge in [0, 0.05) is 35.5 Å². The molecule has 0 saturated carbocycles. The Kier molecular flexibility index (Phi) is 5.63. The average molecular weight is 397 g/mol. The molecule has 1 amide bonds. The van der Waals surface area contributed by atoms with E-state index in [1.54, 1.807) is 20.3 Å². The number of aromatic amines is 1. The predicted molar refractivity (Wildman–Crippen MR) is 110 cm³/mol. The van der Waals surface area contributed by atoms with Crippen LogP contribution in [0.1, 0.15) is 46.0 Å². The highest BCUT2D eigenvalue weighted by atomic mass is 16.5. The van der Waals surface area contributed by atoms with Gasteiger partial charge in [-0.3, -0.25) is 14.6 Å². The number of carbonyl (C=O) groups is 1. The predicted octanol–water partition coefficient (Wildman–Crippen LogP) is 3.24. The van der Waals surface area contributed by atoms with Crippen LogP contribution < -0.4 is 14.8 Å². The summed E-state index contributed by atoms with van der Waals surface area (Å²) in [6, 6.07) is 5.31. The monoisotopic (exact) mass is 397 g/mol. The molecule has 0 aliphatic carbocycles. The molecule has 8 heteroatoms. The minimum atomic E-state index is -0.219. The molecule has 3 rings (SSSR count). The number of rotatable bonds is 6. The van der Waals surface area contributed by atoms with Crippen LogP contribution in [-0.2, 0) is 7.05 Å². The normalized spacial score (nSPS) is 12.0. The van der Waals surface area contributed by atoms with Crippen molar-refractivity contribution < 1.29 is 14.3 Å². The third-order valence-corrected chi connectivity index (χ3v) is 5.25. The molecule has 0 saturated heterocycles. The minimum Gasteiger partial charge on any atom is -0.497 e. The number of H-pyrrole nitrogens is 1. The molecule has 0 aliphatic heterocycles. The SMILES string of the molecule is COc1ccc(-c2n[nH]c(C(=O)NC(C)c3c(C)nn(C)c3C)c2C)c(OC)c1. The van der Waals surface area contributed by atoms with Gasteiger partial charge in [-0.05, 0) is 39.8 Å². The van der Waals surface area contributed by atoms with Crippen molar-refractivity contribution in [2.24, 2.45) is 7.05 Å². The summed E-state index contributed by atoms with van der Waals surface area (Å²) in [4.78, 5) is 12.9. The Morgan fingerprint density at radius 1 is 1.21 bits per heavy atom. The van der Waals surface area contributed by atoms with Crippen molar-refractivity contribution in [1.29, 1.82) is 0 Å². The molecule has 0 fully saturated rings. The summed E-state index contributed by atoms with van der Waals surface area (Å²) in [5.41, 5.74) is 5.57. The van der Waals surface area contributed by atoms with Gasteiger partial charge in [-0.25, -0.2) is 0 Å². The smallest absolute Gasteiger partial charge is 0.270 e. The summed E-state index contributed by atoms with van der Waals surface area (Å²) in [7, 11) is 5.09. The Morgan fingerprint density at radius 2 is 1.93 bits per heavy atom. The van der Waals surface area contributed by atoms with Crippen molar-refractivity contribution in [2.75, 3.05) is 14.2 Å². The minimum absolute atomic E-state index is 0.183. The van der Waals surface area contributed by atoms with Crippen molar-refractivity contribution >= 4 is 5.91 Å². The lowest BCUT2D eigenvalue weighted by Crippen LogP contribution is -2.28. The lowest BCUT2D eigenvalue weighted by molar-refractivity contribution is 0.0934. The van der Waals surface area contributed by atoms with Crippen molar-refractivity contribution in [1.82, 2.24) is 25.3 Å². The Bertz CT molecular complexity index is 1050. The number of aromatic nitrogens is 4. The fourth-order valence-corrected chi connectivity index (χ4v) is 3.63. The number of hydrogen-bond acceptors (Lipinski definition) is 5. The van der Waals surface area contributed by atoms with E-state index >= 15 is 0 Å². The van der Waals surface area contributed by atoms with Crippen LogP contribution in [0.2, 0.25) is 0 Å². The molecule has 1 unspecified atom stereocenters. The second kappa shape index (κ2) is 7.98. The molecule has 0 spiro atoms. The van der Waals surface area contributed by atoms with Gasteiger partial charge in [-0.1, -0.05) is 0 Å². The van der Waals surface area contributed by atoms with Gasteiger partial charge in [0.05, 0.1) is 31.6 Å². The molecular weight excluding hydrogens is 370 g/mol. The first-order chi connectivity index (χ1) is 13.8. The van der Waals surface area contributed by atoms with E-state index < -0.39 is 0 Å². The number of aryl methyl sites for hydroxylation is 2. The number of nitrogens with one attached hydrogen (secondary N) is 2. The number of benzene rings is 1. The van der Waals surface area contributed by atoms with Gasteiger partial charge in [0.1, 0.15) is 17.2 Å². The number of hydrogen-bond donors (Lipinski definition) is 2. The first-order valence-corrected chi connectivity index (χ1v) is 9.36. The summed E-state index contributed by atoms with van der Waals surface area (Å²) in [6.07, 6.45) is 0.